The number of hydrogen-bond donors (Lipinski definition) is 6. The molecule has 0 aromatic heterocycles. The zero-order valence-corrected chi connectivity index (χ0v) is 27.5. The molecule has 7 N–H and O–H groups in total. The summed E-state index contributed by atoms with van der Waals surface area (Å²) < 4.78 is 0. The number of nitrogens with one attached hydrogen (secondary N) is 1. The fourth-order valence-electron chi connectivity index (χ4n) is 7.92. The highest BCUT2D eigenvalue weighted by atomic mass is 16.3. The van der Waals surface area contributed by atoms with E-state index in [-0.39, 0.29) is 41.0 Å². The molecule has 46 heavy (non-hydrogen) atoms. The first kappa shape index (κ1) is 33.4. The highest BCUT2D eigenvalue weighted by molar-refractivity contribution is 6.24. The van der Waals surface area contributed by atoms with Gasteiger partial charge in [-0.2, -0.15) is 0 Å². The summed E-state index contributed by atoms with van der Waals surface area (Å²) in [6.07, 6.45) is 1.64. The second kappa shape index (κ2) is 11.4. The molecule has 1 saturated carbocycles. The lowest BCUT2D eigenvalue weighted by Gasteiger charge is -2.50. The molecule has 0 spiro atoms. The van der Waals surface area contributed by atoms with E-state index in [1.165, 1.54) is 4.90 Å². The summed E-state index contributed by atoms with van der Waals surface area (Å²) in [5, 5.41) is 49.1. The third kappa shape index (κ3) is 5.14. The molecular weight excluding hydrogens is 594 g/mol. The van der Waals surface area contributed by atoms with E-state index >= 15 is 0 Å². The van der Waals surface area contributed by atoms with E-state index < -0.39 is 69.8 Å². The highest BCUT2D eigenvalue weighted by Crippen LogP contribution is 2.54. The average Bonchev–Trinajstić information content (AvgIpc) is 3.38. The summed E-state index contributed by atoms with van der Waals surface area (Å²) in [5.74, 6) is -7.54. The number of rotatable bonds is 6. The molecule has 1 saturated heterocycles. The topological polar surface area (TPSA) is 197 Å². The van der Waals surface area contributed by atoms with Gasteiger partial charge in [0.2, 0.25) is 11.7 Å². The predicted octanol–water partition coefficient (Wildman–Crippen LogP) is 1.48. The number of nitrogens with two attached hydrogens (primary N) is 1. The van der Waals surface area contributed by atoms with Gasteiger partial charge < -0.3 is 36.4 Å². The fraction of sp³-hybridized carbons (Fsp3) is 0.576. The van der Waals surface area contributed by atoms with Crippen molar-refractivity contribution >= 4 is 40.5 Å². The first-order valence-electron chi connectivity index (χ1n) is 15.6. The van der Waals surface area contributed by atoms with Crippen LogP contribution in [0.4, 0.5) is 11.4 Å². The molecule has 2 fully saturated rings. The van der Waals surface area contributed by atoms with Gasteiger partial charge in [0.25, 0.3) is 5.91 Å². The molecule has 13 heteroatoms. The number of hydrogen-bond acceptors (Lipinski definition) is 11. The van der Waals surface area contributed by atoms with Crippen LogP contribution in [0.15, 0.2) is 23.0 Å². The largest absolute Gasteiger partial charge is 0.508 e. The Balaban J connectivity index is 1.62. The van der Waals surface area contributed by atoms with E-state index in [1.54, 1.807) is 39.2 Å². The normalized spacial score (nSPS) is 28.3. The first-order chi connectivity index (χ1) is 21.3. The first-order valence-corrected chi connectivity index (χ1v) is 15.6. The molecule has 1 aromatic carbocycles. The number of Topliss-reactive ketones (excluding diaryl/α,β-unsaturated/α-hetero) is 2. The van der Waals surface area contributed by atoms with Gasteiger partial charge in [-0.15, -0.1) is 0 Å². The van der Waals surface area contributed by atoms with Crippen LogP contribution in [0, 0.1) is 17.3 Å². The number of likely N-dealkylation sites (tertiary alicyclic amines) is 1. The third-order valence-electron chi connectivity index (χ3n) is 9.78. The lowest BCUT2D eigenvalue weighted by Crippen LogP contribution is -2.65. The summed E-state index contributed by atoms with van der Waals surface area (Å²) in [5.41, 5.74) is 2.62. The van der Waals surface area contributed by atoms with Crippen molar-refractivity contribution < 1.29 is 39.6 Å². The standard InChI is InChI=1S/C33H45N5O8/c1-32(2,3)14-38-10-8-9-19(38)31(45)35-18-13-20(36(4)5)16-11-15-12-17-24(37(6)7)27(41)23(30(34)44)29(43)33(17,46)28(42)21(15)26(40)22(16)25(18)39/h13,15,17,19,24,39-40,43,46H,8-12,14H2,1-7H3,(H2,34,44)(H,35,45)/t15-,17-,19+,24-,33-/m1/s1. The number of aliphatic hydroxyl groups excluding tert-OH is 2. The molecule has 1 aromatic rings. The number of phenolic OH excluding ortho intramolecular Hbond substituents is 1. The molecule has 1 heterocycles. The number of phenols is 1. The van der Waals surface area contributed by atoms with Crippen molar-refractivity contribution in [2.45, 2.75) is 64.1 Å². The number of likely N-dealkylation sites (N-methyl/N-ethyl adjacent to an activating group) is 1. The minimum atomic E-state index is -2.73. The molecule has 2 amide bonds. The summed E-state index contributed by atoms with van der Waals surface area (Å²) in [4.78, 5) is 58.7. The maximum atomic E-state index is 14.2. The highest BCUT2D eigenvalue weighted by Gasteiger charge is 2.64. The number of carbonyl (C=O) groups is 4. The van der Waals surface area contributed by atoms with E-state index in [1.807, 2.05) is 0 Å². The van der Waals surface area contributed by atoms with E-state index in [9.17, 15) is 39.6 Å². The zero-order chi connectivity index (χ0) is 34.2. The molecule has 1 aliphatic heterocycles. The van der Waals surface area contributed by atoms with Crippen LogP contribution in [0.2, 0.25) is 0 Å². The van der Waals surface area contributed by atoms with E-state index in [2.05, 4.69) is 31.0 Å². The van der Waals surface area contributed by atoms with Gasteiger partial charge in [0.15, 0.2) is 11.4 Å². The molecule has 13 nitrogen and oxygen atoms in total. The second-order valence-electron chi connectivity index (χ2n) is 14.7. The number of aliphatic hydroxyl groups is 3. The zero-order valence-electron chi connectivity index (χ0n) is 27.5. The van der Waals surface area contributed by atoms with E-state index in [0.717, 1.165) is 13.0 Å². The maximum Gasteiger partial charge on any atom is 0.255 e. The SMILES string of the molecule is CN(C)c1cc(NC(=O)[C@@H]2CCCN2CC(C)(C)C)c(O)c2c1C[C@@H]1C[C@@H]3[C@@H](N(C)C)C(=O)C(C(N)=O)=C(O)[C@]3(O)C(=O)C1=C2O. The minimum Gasteiger partial charge on any atom is -0.508 e. The Morgan fingerprint density at radius 1 is 1.13 bits per heavy atom. The van der Waals surface area contributed by atoms with Crippen LogP contribution < -0.4 is 16.0 Å². The van der Waals surface area contributed by atoms with E-state index in [4.69, 9.17) is 5.73 Å². The Morgan fingerprint density at radius 3 is 2.35 bits per heavy atom. The van der Waals surface area contributed by atoms with Crippen molar-refractivity contribution in [2.75, 3.05) is 51.5 Å². The van der Waals surface area contributed by atoms with Gasteiger partial charge >= 0.3 is 0 Å². The lowest BCUT2D eigenvalue weighted by molar-refractivity contribution is -0.153. The number of ketones is 2. The summed E-state index contributed by atoms with van der Waals surface area (Å²) in [6, 6.07) is 0.0624. The molecule has 0 unspecified atom stereocenters. The van der Waals surface area contributed by atoms with Crippen LogP contribution in [-0.2, 0) is 25.6 Å². The van der Waals surface area contributed by atoms with Crippen molar-refractivity contribution in [3.8, 4) is 5.75 Å². The number of nitrogens with zero attached hydrogens (tertiary/aromatic N) is 3. The molecule has 3 aliphatic carbocycles. The Morgan fingerprint density at radius 2 is 1.78 bits per heavy atom. The predicted molar refractivity (Wildman–Crippen MR) is 171 cm³/mol. The van der Waals surface area contributed by atoms with Crippen molar-refractivity contribution in [1.82, 2.24) is 9.80 Å². The number of carbonyl (C=O) groups excluding carboxylic acids is 4. The number of primary amides is 1. The third-order valence-corrected chi connectivity index (χ3v) is 9.78. The van der Waals surface area contributed by atoms with Crippen molar-refractivity contribution in [1.29, 1.82) is 0 Å². The van der Waals surface area contributed by atoms with Crippen molar-refractivity contribution in [3.05, 3.63) is 34.1 Å². The Hall–Kier alpha value is -3.94. The molecule has 0 radical (unpaired) electrons. The van der Waals surface area contributed by atoms with Crippen LogP contribution in [0.3, 0.4) is 0 Å². The van der Waals surface area contributed by atoms with Crippen LogP contribution in [0.1, 0.15) is 51.2 Å². The van der Waals surface area contributed by atoms with Gasteiger partial charge in [-0.3, -0.25) is 29.0 Å². The summed E-state index contributed by atoms with van der Waals surface area (Å²) in [7, 11) is 6.66. The van der Waals surface area contributed by atoms with E-state index in [0.29, 0.717) is 24.2 Å². The average molecular weight is 640 g/mol. The number of anilines is 2. The van der Waals surface area contributed by atoms with Crippen LogP contribution in [0.5, 0.6) is 5.75 Å². The van der Waals surface area contributed by atoms with Gasteiger partial charge in [-0.25, -0.2) is 0 Å². The van der Waals surface area contributed by atoms with Crippen LogP contribution in [0.25, 0.3) is 5.76 Å². The fourth-order valence-corrected chi connectivity index (χ4v) is 7.92. The van der Waals surface area contributed by atoms with Gasteiger partial charge in [0.1, 0.15) is 22.8 Å². The van der Waals surface area contributed by atoms with Crippen molar-refractivity contribution in [2.24, 2.45) is 23.0 Å². The maximum absolute atomic E-state index is 14.2. The summed E-state index contributed by atoms with van der Waals surface area (Å²) >= 11 is 0. The van der Waals surface area contributed by atoms with Gasteiger partial charge in [0.05, 0.1) is 23.3 Å². The number of benzene rings is 1. The molecular formula is C33H45N5O8. The summed E-state index contributed by atoms with van der Waals surface area (Å²) in [6.45, 7) is 7.79. The monoisotopic (exact) mass is 639 g/mol. The minimum absolute atomic E-state index is 0.0107. The number of aromatic hydroxyl groups is 1. The molecule has 4 aliphatic rings. The lowest BCUT2D eigenvalue weighted by atomic mass is 9.57. The molecule has 5 atom stereocenters. The Kier molecular flexibility index (Phi) is 8.28. The second-order valence-corrected chi connectivity index (χ2v) is 14.7. The molecule has 0 bridgehead atoms. The van der Waals surface area contributed by atoms with Crippen LogP contribution in [-0.4, -0.2) is 113 Å². The number of fused-ring (bicyclic) bond motifs is 3. The molecule has 250 valence electrons. The van der Waals surface area contributed by atoms with Gasteiger partial charge in [-0.1, -0.05) is 20.8 Å². The number of amides is 2. The van der Waals surface area contributed by atoms with Crippen molar-refractivity contribution in [3.63, 3.8) is 0 Å². The van der Waals surface area contributed by atoms with Gasteiger partial charge in [0, 0.05) is 37.8 Å². The van der Waals surface area contributed by atoms with Crippen LogP contribution >= 0.6 is 0 Å². The Bertz CT molecular complexity index is 1590. The smallest absolute Gasteiger partial charge is 0.255 e. The quantitative estimate of drug-likeness (QED) is 0.195. The van der Waals surface area contributed by atoms with Gasteiger partial charge in [-0.05, 0) is 69.3 Å². The molecule has 5 rings (SSSR count). The Labute approximate surface area is 268 Å².